The Morgan fingerprint density at radius 2 is 0.505 bits per heavy atom. The zero-order valence-electron chi connectivity index (χ0n) is 66.4. The molecule has 0 radical (unpaired) electrons. The van der Waals surface area contributed by atoms with Crippen LogP contribution in [0.1, 0.15) is 427 Å². The molecule has 101 heavy (non-hydrogen) atoms. The third-order valence-corrected chi connectivity index (χ3v) is 21.8. The van der Waals surface area contributed by atoms with Gasteiger partial charge >= 0.3 is 39.5 Å². The van der Waals surface area contributed by atoms with Crippen LogP contribution in [0.15, 0.2) is 0 Å². The maximum Gasteiger partial charge on any atom is 0.472 e. The van der Waals surface area contributed by atoms with Crippen molar-refractivity contribution >= 4 is 39.5 Å². The molecule has 0 aliphatic heterocycles. The minimum atomic E-state index is -4.96. The van der Waals surface area contributed by atoms with Gasteiger partial charge in [-0.2, -0.15) is 0 Å². The molecular weight excluding hydrogens is 1320 g/mol. The fourth-order valence-electron chi connectivity index (χ4n) is 12.6. The Balaban J connectivity index is 5.26. The molecule has 7 atom stereocenters. The number of aliphatic hydroxyl groups excluding tert-OH is 1. The molecule has 0 saturated heterocycles. The third-order valence-electron chi connectivity index (χ3n) is 19.9. The molecule has 0 aliphatic carbocycles. The van der Waals surface area contributed by atoms with Crippen LogP contribution in [0.2, 0.25) is 0 Å². The van der Waals surface area contributed by atoms with Crippen molar-refractivity contribution in [2.45, 2.75) is 446 Å². The molecule has 0 aromatic carbocycles. The maximum absolute atomic E-state index is 13.1. The number of carbonyl (C=O) groups excluding carboxylic acids is 4. The Bertz CT molecular complexity index is 1960. The highest BCUT2D eigenvalue weighted by Crippen LogP contribution is 2.45. The number of hydrogen-bond acceptors (Lipinski definition) is 15. The summed E-state index contributed by atoms with van der Waals surface area (Å²) in [5.74, 6) is 0.261. The first kappa shape index (κ1) is 99.1. The Morgan fingerprint density at radius 1 is 0.287 bits per heavy atom. The molecule has 0 aromatic heterocycles. The fourth-order valence-corrected chi connectivity index (χ4v) is 14.2. The van der Waals surface area contributed by atoms with Crippen LogP contribution in [0.5, 0.6) is 0 Å². The lowest BCUT2D eigenvalue weighted by Gasteiger charge is -2.21. The predicted octanol–water partition coefficient (Wildman–Crippen LogP) is 24.5. The van der Waals surface area contributed by atoms with Crippen molar-refractivity contribution in [2.75, 3.05) is 39.6 Å². The number of carbonyl (C=O) groups is 4. The summed E-state index contributed by atoms with van der Waals surface area (Å²) >= 11 is 0. The average molecular weight is 1480 g/mol. The van der Waals surface area contributed by atoms with E-state index in [4.69, 9.17) is 37.0 Å². The summed E-state index contributed by atoms with van der Waals surface area (Å²) in [4.78, 5) is 73.1. The van der Waals surface area contributed by atoms with Gasteiger partial charge in [0.15, 0.2) is 12.2 Å². The highest BCUT2D eigenvalue weighted by atomic mass is 31.2. The molecule has 4 unspecified atom stereocenters. The van der Waals surface area contributed by atoms with Crippen molar-refractivity contribution in [1.29, 1.82) is 0 Å². The highest BCUT2D eigenvalue weighted by Gasteiger charge is 2.30. The number of phosphoric ester groups is 2. The van der Waals surface area contributed by atoms with E-state index >= 15 is 0 Å². The van der Waals surface area contributed by atoms with Crippen molar-refractivity contribution in [3.05, 3.63) is 0 Å². The van der Waals surface area contributed by atoms with Crippen molar-refractivity contribution in [3.63, 3.8) is 0 Å². The van der Waals surface area contributed by atoms with E-state index in [0.29, 0.717) is 25.7 Å². The molecule has 0 amide bonds. The first-order valence-corrected chi connectivity index (χ1v) is 45.4. The van der Waals surface area contributed by atoms with E-state index in [-0.39, 0.29) is 25.7 Å². The van der Waals surface area contributed by atoms with E-state index in [2.05, 4.69) is 48.5 Å². The molecule has 3 N–H and O–H groups in total. The number of unbranched alkanes of at least 4 members (excludes halogenated alkanes) is 46. The smallest absolute Gasteiger partial charge is 0.462 e. The van der Waals surface area contributed by atoms with E-state index in [0.717, 1.165) is 108 Å². The summed E-state index contributed by atoms with van der Waals surface area (Å²) < 4.78 is 68.8. The zero-order valence-corrected chi connectivity index (χ0v) is 68.2. The van der Waals surface area contributed by atoms with Crippen LogP contribution < -0.4 is 0 Å². The van der Waals surface area contributed by atoms with Gasteiger partial charge in [0.05, 0.1) is 26.4 Å². The van der Waals surface area contributed by atoms with E-state index < -0.39 is 97.5 Å². The molecule has 0 heterocycles. The number of phosphoric acid groups is 2. The Kier molecular flexibility index (Phi) is 70.9. The Morgan fingerprint density at radius 3 is 0.752 bits per heavy atom. The molecule has 0 aliphatic rings. The van der Waals surface area contributed by atoms with Gasteiger partial charge in [0.1, 0.15) is 19.3 Å². The van der Waals surface area contributed by atoms with Gasteiger partial charge in [-0.25, -0.2) is 9.13 Å². The first-order valence-electron chi connectivity index (χ1n) is 42.4. The molecule has 17 nitrogen and oxygen atoms in total. The summed E-state index contributed by atoms with van der Waals surface area (Å²) in [6.45, 7) is 12.0. The van der Waals surface area contributed by atoms with Crippen molar-refractivity contribution < 1.29 is 80.2 Å². The zero-order chi connectivity index (χ0) is 74.4. The van der Waals surface area contributed by atoms with Crippen LogP contribution in [0.25, 0.3) is 0 Å². The molecule has 0 saturated carbocycles. The number of ether oxygens (including phenoxy) is 4. The van der Waals surface area contributed by atoms with Crippen LogP contribution >= 0.6 is 15.6 Å². The monoisotopic (exact) mass is 1480 g/mol. The number of esters is 4. The summed E-state index contributed by atoms with van der Waals surface area (Å²) in [6.07, 6.45) is 60.9. The van der Waals surface area contributed by atoms with Gasteiger partial charge in [-0.05, 0) is 43.4 Å². The molecule has 0 fully saturated rings. The van der Waals surface area contributed by atoms with E-state index in [1.54, 1.807) is 0 Å². The Hall–Kier alpha value is -1.94. The van der Waals surface area contributed by atoms with Crippen LogP contribution in [-0.2, 0) is 65.4 Å². The van der Waals surface area contributed by atoms with Gasteiger partial charge in [-0.1, -0.05) is 376 Å². The SMILES string of the molecule is CCCCCCCCCCCCCCCCCCCCCCC(=O)O[C@H](COC(=O)CCCCCCCCCCCCC(C)CC)COP(=O)(O)OC[C@@H](O)COP(=O)(O)OC[C@@H](COC(=O)CCCCCCCCCCCCC(C)C)OC(=O)CCCCCCCCCCCCC(C)CC. The maximum atomic E-state index is 13.1. The van der Waals surface area contributed by atoms with Crippen molar-refractivity contribution in [3.8, 4) is 0 Å². The summed E-state index contributed by atoms with van der Waals surface area (Å²) in [6, 6.07) is 0. The van der Waals surface area contributed by atoms with Crippen LogP contribution in [0.3, 0.4) is 0 Å². The average Bonchev–Trinajstić information content (AvgIpc) is 0.978. The van der Waals surface area contributed by atoms with E-state index in [1.807, 2.05) is 0 Å². The number of hydrogen-bond donors (Lipinski definition) is 3. The lowest BCUT2D eigenvalue weighted by Crippen LogP contribution is -2.30. The van der Waals surface area contributed by atoms with Crippen LogP contribution in [-0.4, -0.2) is 96.7 Å². The second-order valence-electron chi connectivity index (χ2n) is 30.5. The molecule has 0 bridgehead atoms. The van der Waals surface area contributed by atoms with Gasteiger partial charge in [-0.3, -0.25) is 37.3 Å². The van der Waals surface area contributed by atoms with Gasteiger partial charge in [0.2, 0.25) is 0 Å². The largest absolute Gasteiger partial charge is 0.472 e. The third kappa shape index (κ3) is 73.4. The van der Waals surface area contributed by atoms with Gasteiger partial charge in [0.25, 0.3) is 0 Å². The van der Waals surface area contributed by atoms with E-state index in [1.165, 1.54) is 238 Å². The fraction of sp³-hybridized carbons (Fsp3) is 0.951. The quantitative estimate of drug-likeness (QED) is 0.0222. The topological polar surface area (TPSA) is 237 Å². The van der Waals surface area contributed by atoms with Crippen LogP contribution in [0.4, 0.5) is 0 Å². The summed E-state index contributed by atoms with van der Waals surface area (Å²) in [7, 11) is -9.92. The van der Waals surface area contributed by atoms with Gasteiger partial charge in [0, 0.05) is 25.7 Å². The molecule has 19 heteroatoms. The molecule has 600 valence electrons. The first-order chi connectivity index (χ1) is 48.8. The predicted molar refractivity (Wildman–Crippen MR) is 414 cm³/mol. The molecule has 0 rings (SSSR count). The second kappa shape index (κ2) is 72.3. The minimum Gasteiger partial charge on any atom is -0.462 e. The summed E-state index contributed by atoms with van der Waals surface area (Å²) in [5, 5.41) is 10.7. The molecule has 0 aromatic rings. The number of aliphatic hydroxyl groups is 1. The molecular formula is C82H160O17P2. The lowest BCUT2D eigenvalue weighted by molar-refractivity contribution is -0.161. The van der Waals surface area contributed by atoms with Gasteiger partial charge < -0.3 is 33.8 Å². The Labute approximate surface area is 619 Å². The van der Waals surface area contributed by atoms with Crippen molar-refractivity contribution in [2.24, 2.45) is 17.8 Å². The lowest BCUT2D eigenvalue weighted by atomic mass is 9.99. The summed E-state index contributed by atoms with van der Waals surface area (Å²) in [5.41, 5.74) is 0. The normalized spacial score (nSPS) is 14.5. The van der Waals surface area contributed by atoms with Crippen LogP contribution in [0, 0.1) is 17.8 Å². The molecule has 0 spiro atoms. The number of rotatable bonds is 80. The standard InChI is InChI=1S/C82H160O17P2/c1-8-11-12-13-14-15-16-17-18-19-20-21-22-23-24-25-37-44-51-58-65-81(86)98-77(69-93-80(85)64-57-50-43-36-30-27-33-40-47-54-61-74(6)9-2)71-96-100(88,89)94-67-76(83)68-95-101(90,91)97-72-78(70-92-79(84)63-56-49-42-35-29-26-32-39-46-53-60-73(4)5)99-82(87)66-59-52-45-38-31-28-34-41-48-55-62-75(7)10-3/h73-78,83H,8-72H2,1-7H3,(H,88,89)(H,90,91)/t74?,75?,76-,77-,78-/m1/s1. The highest BCUT2D eigenvalue weighted by molar-refractivity contribution is 7.47. The minimum absolute atomic E-state index is 0.106. The second-order valence-corrected chi connectivity index (χ2v) is 33.4. The van der Waals surface area contributed by atoms with Gasteiger partial charge in [-0.15, -0.1) is 0 Å². The van der Waals surface area contributed by atoms with Crippen molar-refractivity contribution in [1.82, 2.24) is 0 Å². The van der Waals surface area contributed by atoms with E-state index in [9.17, 15) is 43.2 Å².